The van der Waals surface area contributed by atoms with Crippen LogP contribution >= 0.6 is 0 Å². The zero-order valence-electron chi connectivity index (χ0n) is 13.5. The molecule has 0 radical (unpaired) electrons. The van der Waals surface area contributed by atoms with Gasteiger partial charge in [-0.05, 0) is 24.6 Å². The fourth-order valence-electron chi connectivity index (χ4n) is 2.58. The Balaban J connectivity index is 2.16. The van der Waals surface area contributed by atoms with Gasteiger partial charge in [0.15, 0.2) is 0 Å². The minimum Gasteiger partial charge on any atom is -0.495 e. The van der Waals surface area contributed by atoms with Crippen LogP contribution in [0.5, 0.6) is 5.75 Å². The molecule has 1 fully saturated rings. The molecule has 2 rings (SSSR count). The lowest BCUT2D eigenvalue weighted by Gasteiger charge is -2.34. The van der Waals surface area contributed by atoms with Crippen molar-refractivity contribution >= 4 is 15.9 Å². The largest absolute Gasteiger partial charge is 0.495 e. The van der Waals surface area contributed by atoms with Crippen LogP contribution in [-0.2, 0) is 14.8 Å². The van der Waals surface area contributed by atoms with Gasteiger partial charge in [0.05, 0.1) is 7.11 Å². The number of carbonyl (C=O) groups excluding carboxylic acids is 1. The smallest absolute Gasteiger partial charge is 0.246 e. The Hall–Kier alpha value is -1.64. The van der Waals surface area contributed by atoms with Gasteiger partial charge < -0.3 is 15.4 Å². The third-order valence-corrected chi connectivity index (χ3v) is 5.81. The Bertz CT molecular complexity index is 667. The molecule has 7 nitrogen and oxygen atoms in total. The van der Waals surface area contributed by atoms with Crippen LogP contribution in [0, 0.1) is 6.92 Å². The molecule has 1 aliphatic heterocycles. The number of hydrogen-bond donors (Lipinski definition) is 1. The van der Waals surface area contributed by atoms with Crippen LogP contribution < -0.4 is 10.5 Å². The molecule has 8 heteroatoms. The van der Waals surface area contributed by atoms with E-state index in [4.69, 9.17) is 10.5 Å². The van der Waals surface area contributed by atoms with E-state index in [2.05, 4.69) is 0 Å². The summed E-state index contributed by atoms with van der Waals surface area (Å²) in [7, 11) is -2.19. The summed E-state index contributed by atoms with van der Waals surface area (Å²) < 4.78 is 32.3. The van der Waals surface area contributed by atoms with Crippen molar-refractivity contribution in [2.75, 3.05) is 39.8 Å². The van der Waals surface area contributed by atoms with Gasteiger partial charge in [0, 0.05) is 39.1 Å². The molecule has 1 aliphatic rings. The summed E-state index contributed by atoms with van der Waals surface area (Å²) in [5, 5.41) is 0. The molecule has 1 heterocycles. The maximum absolute atomic E-state index is 12.8. The molecule has 0 aliphatic carbocycles. The van der Waals surface area contributed by atoms with Crippen LogP contribution in [0.15, 0.2) is 23.1 Å². The van der Waals surface area contributed by atoms with Gasteiger partial charge in [-0.3, -0.25) is 4.79 Å². The molecule has 23 heavy (non-hydrogen) atoms. The molecule has 1 saturated heterocycles. The Kier molecular flexibility index (Phi) is 5.61. The van der Waals surface area contributed by atoms with Crippen molar-refractivity contribution in [3.8, 4) is 5.75 Å². The summed E-state index contributed by atoms with van der Waals surface area (Å²) >= 11 is 0. The van der Waals surface area contributed by atoms with Crippen molar-refractivity contribution in [1.29, 1.82) is 0 Å². The molecule has 1 aromatic rings. The van der Waals surface area contributed by atoms with E-state index in [-0.39, 0.29) is 23.9 Å². The predicted octanol–water partition coefficient (Wildman–Crippen LogP) is 0.185. The Morgan fingerprint density at radius 3 is 2.48 bits per heavy atom. The third-order valence-electron chi connectivity index (χ3n) is 3.89. The van der Waals surface area contributed by atoms with Gasteiger partial charge >= 0.3 is 0 Å². The Morgan fingerprint density at radius 2 is 1.91 bits per heavy atom. The molecule has 0 unspecified atom stereocenters. The SMILES string of the molecule is COc1ccc(C)cc1S(=O)(=O)N1CCN(C(=O)CCN)CC1. The van der Waals surface area contributed by atoms with Crippen molar-refractivity contribution in [3.05, 3.63) is 23.8 Å². The minimum atomic E-state index is -3.64. The van der Waals surface area contributed by atoms with E-state index in [1.807, 2.05) is 6.92 Å². The highest BCUT2D eigenvalue weighted by Crippen LogP contribution is 2.28. The molecule has 128 valence electrons. The highest BCUT2D eigenvalue weighted by molar-refractivity contribution is 7.89. The number of methoxy groups -OCH3 is 1. The summed E-state index contributed by atoms with van der Waals surface area (Å²) in [5.41, 5.74) is 6.24. The highest BCUT2D eigenvalue weighted by atomic mass is 32.2. The van der Waals surface area contributed by atoms with Crippen LogP contribution in [0.2, 0.25) is 0 Å². The highest BCUT2D eigenvalue weighted by Gasteiger charge is 2.31. The average Bonchev–Trinajstić information content (AvgIpc) is 2.55. The van der Waals surface area contributed by atoms with Gasteiger partial charge in [-0.1, -0.05) is 6.07 Å². The second-order valence-electron chi connectivity index (χ2n) is 5.48. The lowest BCUT2D eigenvalue weighted by Crippen LogP contribution is -2.50. The number of rotatable bonds is 5. The standard InChI is InChI=1S/C15H23N3O4S/c1-12-3-4-13(22-2)14(11-12)23(20,21)18-9-7-17(8-10-18)15(19)5-6-16/h3-4,11H,5-10,16H2,1-2H3. The third kappa shape index (κ3) is 3.82. The number of sulfonamides is 1. The van der Waals surface area contributed by atoms with E-state index in [0.29, 0.717) is 31.8 Å². The van der Waals surface area contributed by atoms with Crippen LogP contribution in [0.25, 0.3) is 0 Å². The first-order valence-corrected chi connectivity index (χ1v) is 8.96. The maximum atomic E-state index is 12.8. The van der Waals surface area contributed by atoms with Crippen molar-refractivity contribution in [2.24, 2.45) is 5.73 Å². The van der Waals surface area contributed by atoms with E-state index in [1.165, 1.54) is 11.4 Å². The molecule has 0 aromatic heterocycles. The lowest BCUT2D eigenvalue weighted by atomic mass is 10.2. The minimum absolute atomic E-state index is 0.0299. The van der Waals surface area contributed by atoms with E-state index in [0.717, 1.165) is 5.56 Å². The van der Waals surface area contributed by atoms with Crippen LogP contribution in [0.3, 0.4) is 0 Å². The summed E-state index contributed by atoms with van der Waals surface area (Å²) in [4.78, 5) is 13.7. The first-order valence-electron chi connectivity index (χ1n) is 7.52. The fraction of sp³-hybridized carbons (Fsp3) is 0.533. The first-order chi connectivity index (χ1) is 10.9. The van der Waals surface area contributed by atoms with Gasteiger partial charge in [0.1, 0.15) is 10.6 Å². The zero-order chi connectivity index (χ0) is 17.0. The molecule has 2 N–H and O–H groups in total. The van der Waals surface area contributed by atoms with Gasteiger partial charge in [0.2, 0.25) is 15.9 Å². The van der Waals surface area contributed by atoms with E-state index in [1.54, 1.807) is 23.1 Å². The van der Waals surface area contributed by atoms with Crippen LogP contribution in [-0.4, -0.2) is 63.4 Å². The van der Waals surface area contributed by atoms with Crippen molar-refractivity contribution in [1.82, 2.24) is 9.21 Å². The number of nitrogens with two attached hydrogens (primary N) is 1. The number of piperazine rings is 1. The van der Waals surface area contributed by atoms with Gasteiger partial charge in [-0.2, -0.15) is 4.31 Å². The Labute approximate surface area is 137 Å². The average molecular weight is 341 g/mol. The van der Waals surface area contributed by atoms with Crippen LogP contribution in [0.1, 0.15) is 12.0 Å². The summed E-state index contributed by atoms with van der Waals surface area (Å²) in [6.07, 6.45) is 0.290. The summed E-state index contributed by atoms with van der Waals surface area (Å²) in [5.74, 6) is 0.301. The number of amides is 1. The first kappa shape index (κ1) is 17.7. The van der Waals surface area contributed by atoms with Gasteiger partial charge in [0.25, 0.3) is 0 Å². The Morgan fingerprint density at radius 1 is 1.26 bits per heavy atom. The molecule has 1 aromatic carbocycles. The fourth-order valence-corrected chi connectivity index (χ4v) is 4.25. The van der Waals surface area contributed by atoms with Crippen molar-refractivity contribution in [2.45, 2.75) is 18.2 Å². The number of benzene rings is 1. The number of hydrogen-bond acceptors (Lipinski definition) is 5. The number of carbonyl (C=O) groups is 1. The second-order valence-corrected chi connectivity index (χ2v) is 7.38. The number of aryl methyl sites for hydroxylation is 1. The van der Waals surface area contributed by atoms with Gasteiger partial charge in [-0.25, -0.2) is 8.42 Å². The molecule has 0 saturated carbocycles. The van der Waals surface area contributed by atoms with Gasteiger partial charge in [-0.15, -0.1) is 0 Å². The molecule has 0 spiro atoms. The molecule has 0 atom stereocenters. The van der Waals surface area contributed by atoms with Crippen molar-refractivity contribution in [3.63, 3.8) is 0 Å². The summed E-state index contributed by atoms with van der Waals surface area (Å²) in [6.45, 7) is 3.45. The maximum Gasteiger partial charge on any atom is 0.246 e. The summed E-state index contributed by atoms with van der Waals surface area (Å²) in [6, 6.07) is 5.07. The quantitative estimate of drug-likeness (QED) is 0.825. The lowest BCUT2D eigenvalue weighted by molar-refractivity contribution is -0.132. The van der Waals surface area contributed by atoms with E-state index >= 15 is 0 Å². The second kappa shape index (κ2) is 7.29. The molecule has 0 bridgehead atoms. The van der Waals surface area contributed by atoms with E-state index < -0.39 is 10.0 Å². The topological polar surface area (TPSA) is 92.9 Å². The molecular weight excluding hydrogens is 318 g/mol. The number of ether oxygens (including phenoxy) is 1. The normalized spacial score (nSPS) is 16.4. The van der Waals surface area contributed by atoms with E-state index in [9.17, 15) is 13.2 Å². The predicted molar refractivity (Wildman–Crippen MR) is 86.7 cm³/mol. The molecule has 1 amide bonds. The molecular formula is C15H23N3O4S. The monoisotopic (exact) mass is 341 g/mol. The van der Waals surface area contributed by atoms with Crippen molar-refractivity contribution < 1.29 is 17.9 Å². The zero-order valence-corrected chi connectivity index (χ0v) is 14.3. The number of nitrogens with zero attached hydrogens (tertiary/aromatic N) is 2. The van der Waals surface area contributed by atoms with Crippen LogP contribution in [0.4, 0.5) is 0 Å².